The number of nitrogens with zero attached hydrogens (tertiary/aromatic N) is 1. The zero-order valence-corrected chi connectivity index (χ0v) is 15.3. The summed E-state index contributed by atoms with van der Waals surface area (Å²) < 4.78 is 5.92. The highest BCUT2D eigenvalue weighted by Gasteiger charge is 2.26. The second-order valence-electron chi connectivity index (χ2n) is 7.21. The maximum absolute atomic E-state index is 12.4. The van der Waals surface area contributed by atoms with E-state index in [0.29, 0.717) is 38.6 Å². The summed E-state index contributed by atoms with van der Waals surface area (Å²) in [5.74, 6) is -0.0702. The van der Waals surface area contributed by atoms with Crippen LogP contribution in [0.1, 0.15) is 44.1 Å². The standard InChI is InChI=1S/C21H28N2O3/c1-2-20(24)23-13-11-17(12-14-23)21(25)22-18-9-7-16(8-10-18)15-26-19-5-3-4-6-19/h2,7-10,17,19H,1,3-6,11-15H2,(H,22,25). The molecule has 1 aromatic carbocycles. The molecule has 0 bridgehead atoms. The molecule has 3 rings (SSSR count). The molecular weight excluding hydrogens is 328 g/mol. The molecule has 1 aliphatic heterocycles. The Morgan fingerprint density at radius 2 is 1.77 bits per heavy atom. The number of anilines is 1. The molecule has 1 saturated heterocycles. The molecule has 0 aromatic heterocycles. The Labute approximate surface area is 155 Å². The van der Waals surface area contributed by atoms with Crippen molar-refractivity contribution in [1.29, 1.82) is 0 Å². The Morgan fingerprint density at radius 1 is 1.12 bits per heavy atom. The number of piperidine rings is 1. The van der Waals surface area contributed by atoms with Gasteiger partial charge in [-0.25, -0.2) is 0 Å². The van der Waals surface area contributed by atoms with E-state index in [1.54, 1.807) is 4.90 Å². The van der Waals surface area contributed by atoms with Crippen LogP contribution in [0.15, 0.2) is 36.9 Å². The Morgan fingerprint density at radius 3 is 2.38 bits per heavy atom. The zero-order chi connectivity index (χ0) is 18.4. The second-order valence-corrected chi connectivity index (χ2v) is 7.21. The number of ether oxygens (including phenoxy) is 1. The van der Waals surface area contributed by atoms with Gasteiger partial charge < -0.3 is 15.0 Å². The van der Waals surface area contributed by atoms with Crippen molar-refractivity contribution in [2.75, 3.05) is 18.4 Å². The lowest BCUT2D eigenvalue weighted by Crippen LogP contribution is -2.40. The molecule has 0 atom stereocenters. The lowest BCUT2D eigenvalue weighted by Gasteiger charge is -2.30. The first-order valence-corrected chi connectivity index (χ1v) is 9.58. The van der Waals surface area contributed by atoms with Crippen molar-refractivity contribution >= 4 is 17.5 Å². The van der Waals surface area contributed by atoms with Crippen molar-refractivity contribution < 1.29 is 14.3 Å². The van der Waals surface area contributed by atoms with E-state index in [4.69, 9.17) is 4.74 Å². The van der Waals surface area contributed by atoms with Crippen LogP contribution < -0.4 is 5.32 Å². The molecule has 1 aliphatic carbocycles. The summed E-state index contributed by atoms with van der Waals surface area (Å²) in [5.41, 5.74) is 1.94. The molecule has 1 saturated carbocycles. The van der Waals surface area contributed by atoms with Crippen LogP contribution in [0.25, 0.3) is 0 Å². The van der Waals surface area contributed by atoms with Gasteiger partial charge in [0.25, 0.3) is 0 Å². The van der Waals surface area contributed by atoms with Gasteiger partial charge in [0.2, 0.25) is 11.8 Å². The first kappa shape index (κ1) is 18.6. The predicted octanol–water partition coefficient (Wildman–Crippen LogP) is 3.51. The number of nitrogens with one attached hydrogen (secondary N) is 1. The summed E-state index contributed by atoms with van der Waals surface area (Å²) in [6, 6.07) is 7.88. The maximum Gasteiger partial charge on any atom is 0.245 e. The van der Waals surface area contributed by atoms with Crippen LogP contribution in [-0.4, -0.2) is 35.9 Å². The Kier molecular flexibility index (Phi) is 6.45. The molecule has 1 heterocycles. The van der Waals surface area contributed by atoms with Gasteiger partial charge >= 0.3 is 0 Å². The predicted molar refractivity (Wildman–Crippen MR) is 102 cm³/mol. The van der Waals surface area contributed by atoms with Crippen LogP contribution in [0.2, 0.25) is 0 Å². The summed E-state index contributed by atoms with van der Waals surface area (Å²) in [6.45, 7) is 5.37. The number of rotatable bonds is 6. The van der Waals surface area contributed by atoms with Crippen molar-refractivity contribution in [2.24, 2.45) is 5.92 Å². The molecule has 140 valence electrons. The van der Waals surface area contributed by atoms with Gasteiger partial charge in [0.15, 0.2) is 0 Å². The number of benzene rings is 1. The van der Waals surface area contributed by atoms with Gasteiger partial charge in [-0.1, -0.05) is 31.6 Å². The molecule has 2 fully saturated rings. The largest absolute Gasteiger partial charge is 0.374 e. The molecule has 26 heavy (non-hydrogen) atoms. The monoisotopic (exact) mass is 356 g/mol. The van der Waals surface area contributed by atoms with Crippen molar-refractivity contribution in [2.45, 2.75) is 51.2 Å². The maximum atomic E-state index is 12.4. The minimum atomic E-state index is -0.0562. The average Bonchev–Trinajstić information content (AvgIpc) is 3.20. The van der Waals surface area contributed by atoms with E-state index >= 15 is 0 Å². The van der Waals surface area contributed by atoms with Gasteiger partial charge in [-0.05, 0) is 49.5 Å². The fraction of sp³-hybridized carbons (Fsp3) is 0.524. The molecule has 1 aromatic rings. The topological polar surface area (TPSA) is 58.6 Å². The van der Waals surface area contributed by atoms with Gasteiger partial charge in [-0.3, -0.25) is 9.59 Å². The smallest absolute Gasteiger partial charge is 0.245 e. The molecule has 0 unspecified atom stereocenters. The number of carbonyl (C=O) groups excluding carboxylic acids is 2. The minimum absolute atomic E-state index is 0.0330. The third-order valence-electron chi connectivity index (χ3n) is 5.36. The first-order chi connectivity index (χ1) is 12.7. The Bertz CT molecular complexity index is 627. The highest BCUT2D eigenvalue weighted by Crippen LogP contribution is 2.23. The Balaban J connectivity index is 1.44. The van der Waals surface area contributed by atoms with Gasteiger partial charge in [0.05, 0.1) is 12.7 Å². The van der Waals surface area contributed by atoms with Crippen LogP contribution >= 0.6 is 0 Å². The van der Waals surface area contributed by atoms with Crippen molar-refractivity contribution in [3.63, 3.8) is 0 Å². The Hall–Kier alpha value is -2.14. The quantitative estimate of drug-likeness (QED) is 0.794. The van der Waals surface area contributed by atoms with E-state index in [-0.39, 0.29) is 17.7 Å². The van der Waals surface area contributed by atoms with E-state index in [1.165, 1.54) is 31.8 Å². The van der Waals surface area contributed by atoms with Crippen LogP contribution in [0.5, 0.6) is 0 Å². The summed E-state index contributed by atoms with van der Waals surface area (Å²) in [6.07, 6.45) is 8.02. The molecular formula is C21H28N2O3. The number of hydrogen-bond acceptors (Lipinski definition) is 3. The fourth-order valence-electron chi connectivity index (χ4n) is 3.69. The summed E-state index contributed by atoms with van der Waals surface area (Å²) in [4.78, 5) is 25.8. The van der Waals surface area contributed by atoms with Crippen LogP contribution in [0, 0.1) is 5.92 Å². The summed E-state index contributed by atoms with van der Waals surface area (Å²) >= 11 is 0. The zero-order valence-electron chi connectivity index (χ0n) is 15.3. The van der Waals surface area contributed by atoms with Gasteiger partial charge in [0.1, 0.15) is 0 Å². The van der Waals surface area contributed by atoms with Gasteiger partial charge in [-0.15, -0.1) is 0 Å². The number of amides is 2. The highest BCUT2D eigenvalue weighted by molar-refractivity contribution is 5.93. The van der Waals surface area contributed by atoms with E-state index in [0.717, 1.165) is 11.3 Å². The van der Waals surface area contributed by atoms with E-state index in [1.807, 2.05) is 24.3 Å². The highest BCUT2D eigenvalue weighted by atomic mass is 16.5. The number of hydrogen-bond donors (Lipinski definition) is 1. The SMILES string of the molecule is C=CC(=O)N1CCC(C(=O)Nc2ccc(COC3CCCC3)cc2)CC1. The lowest BCUT2D eigenvalue weighted by molar-refractivity contribution is -0.130. The third kappa shape index (κ3) is 4.94. The fourth-order valence-corrected chi connectivity index (χ4v) is 3.69. The van der Waals surface area contributed by atoms with Crippen LogP contribution in [-0.2, 0) is 20.9 Å². The van der Waals surface area contributed by atoms with Gasteiger partial charge in [0, 0.05) is 24.7 Å². The average molecular weight is 356 g/mol. The number of likely N-dealkylation sites (tertiary alicyclic amines) is 1. The lowest BCUT2D eigenvalue weighted by atomic mass is 9.95. The van der Waals surface area contributed by atoms with Crippen molar-refractivity contribution in [3.05, 3.63) is 42.5 Å². The first-order valence-electron chi connectivity index (χ1n) is 9.58. The third-order valence-corrected chi connectivity index (χ3v) is 5.36. The summed E-state index contributed by atoms with van der Waals surface area (Å²) in [5, 5.41) is 2.99. The molecule has 1 N–H and O–H groups in total. The molecule has 5 nitrogen and oxygen atoms in total. The molecule has 0 spiro atoms. The van der Waals surface area contributed by atoms with E-state index in [9.17, 15) is 9.59 Å². The molecule has 2 aliphatic rings. The van der Waals surface area contributed by atoms with Crippen molar-refractivity contribution in [3.8, 4) is 0 Å². The van der Waals surface area contributed by atoms with E-state index in [2.05, 4.69) is 11.9 Å². The minimum Gasteiger partial charge on any atom is -0.374 e. The second kappa shape index (κ2) is 8.99. The summed E-state index contributed by atoms with van der Waals surface area (Å²) in [7, 11) is 0. The molecule has 5 heteroatoms. The van der Waals surface area contributed by atoms with Gasteiger partial charge in [-0.2, -0.15) is 0 Å². The van der Waals surface area contributed by atoms with Crippen LogP contribution in [0.4, 0.5) is 5.69 Å². The number of carbonyl (C=O) groups is 2. The van der Waals surface area contributed by atoms with Crippen LogP contribution in [0.3, 0.4) is 0 Å². The van der Waals surface area contributed by atoms with Crippen molar-refractivity contribution in [1.82, 2.24) is 4.90 Å². The molecule has 0 radical (unpaired) electrons. The molecule has 2 amide bonds. The normalized spacial score (nSPS) is 18.7. The van der Waals surface area contributed by atoms with E-state index < -0.39 is 0 Å².